The monoisotopic (exact) mass is 219 g/mol. The number of ether oxygens (including phenoxy) is 1. The minimum Gasteiger partial charge on any atom is -0.497 e. The molecule has 0 aromatic heterocycles. The lowest BCUT2D eigenvalue weighted by atomic mass is 9.81. The van der Waals surface area contributed by atoms with Gasteiger partial charge in [0.05, 0.1) is 7.11 Å². The van der Waals surface area contributed by atoms with Crippen LogP contribution in [-0.2, 0) is 6.42 Å². The molecule has 0 radical (unpaired) electrons. The average Bonchev–Trinajstić information content (AvgIpc) is 2.35. The Kier molecular flexibility index (Phi) is 3.83. The molecule has 2 heteroatoms. The van der Waals surface area contributed by atoms with Gasteiger partial charge in [-0.05, 0) is 68.5 Å². The molecule has 1 aromatic rings. The van der Waals surface area contributed by atoms with Gasteiger partial charge in [-0.3, -0.25) is 0 Å². The highest BCUT2D eigenvalue weighted by molar-refractivity contribution is 5.39. The van der Waals surface area contributed by atoms with E-state index in [0.29, 0.717) is 5.92 Å². The fraction of sp³-hybridized carbons (Fsp3) is 0.571. The number of aryl methyl sites for hydroxylation is 1. The van der Waals surface area contributed by atoms with Crippen molar-refractivity contribution in [3.8, 4) is 5.75 Å². The van der Waals surface area contributed by atoms with Crippen molar-refractivity contribution in [3.05, 3.63) is 29.3 Å². The topological polar surface area (TPSA) is 21.3 Å². The molecule has 2 rings (SSSR count). The van der Waals surface area contributed by atoms with Crippen molar-refractivity contribution >= 4 is 0 Å². The average molecular weight is 219 g/mol. The summed E-state index contributed by atoms with van der Waals surface area (Å²) in [5.41, 5.74) is 3.04. The highest BCUT2D eigenvalue weighted by Gasteiger charge is 2.20. The van der Waals surface area contributed by atoms with Crippen molar-refractivity contribution in [2.45, 2.75) is 31.6 Å². The summed E-state index contributed by atoms with van der Waals surface area (Å²) in [6.45, 7) is 1.10. The van der Waals surface area contributed by atoms with E-state index in [4.69, 9.17) is 4.74 Å². The number of benzene rings is 1. The molecule has 88 valence electrons. The Labute approximate surface area is 98.0 Å². The Morgan fingerprint density at radius 1 is 1.44 bits per heavy atom. The van der Waals surface area contributed by atoms with E-state index in [0.717, 1.165) is 12.3 Å². The summed E-state index contributed by atoms with van der Waals surface area (Å²) in [5, 5.41) is 3.24. The lowest BCUT2D eigenvalue weighted by Gasteiger charge is -2.26. The van der Waals surface area contributed by atoms with E-state index in [2.05, 4.69) is 23.5 Å². The summed E-state index contributed by atoms with van der Waals surface area (Å²) >= 11 is 0. The van der Waals surface area contributed by atoms with Crippen molar-refractivity contribution in [1.82, 2.24) is 5.32 Å². The first-order valence-corrected chi connectivity index (χ1v) is 6.16. The number of methoxy groups -OCH3 is 1. The van der Waals surface area contributed by atoms with Crippen LogP contribution in [0, 0.1) is 0 Å². The first-order valence-electron chi connectivity index (χ1n) is 6.16. The third kappa shape index (κ3) is 2.38. The Morgan fingerprint density at radius 2 is 2.31 bits per heavy atom. The molecule has 0 heterocycles. The van der Waals surface area contributed by atoms with Crippen molar-refractivity contribution < 1.29 is 4.74 Å². The first-order chi connectivity index (χ1) is 7.85. The number of rotatable bonds is 4. The van der Waals surface area contributed by atoms with Gasteiger partial charge in [0.2, 0.25) is 0 Å². The van der Waals surface area contributed by atoms with Crippen molar-refractivity contribution in [2.75, 3.05) is 20.7 Å². The number of nitrogens with one attached hydrogen (secondary N) is 1. The van der Waals surface area contributed by atoms with Crippen molar-refractivity contribution in [3.63, 3.8) is 0 Å². The summed E-state index contributed by atoms with van der Waals surface area (Å²) in [7, 11) is 3.77. The maximum absolute atomic E-state index is 5.32. The SMILES string of the molecule is CNCCC1CCCc2ccc(OC)cc21. The molecule has 0 aliphatic heterocycles. The maximum Gasteiger partial charge on any atom is 0.119 e. The largest absolute Gasteiger partial charge is 0.497 e. The first kappa shape index (κ1) is 11.5. The molecule has 1 atom stereocenters. The second-order valence-electron chi connectivity index (χ2n) is 4.55. The van der Waals surface area contributed by atoms with Crippen LogP contribution in [0.2, 0.25) is 0 Å². The van der Waals surface area contributed by atoms with Crippen LogP contribution in [0.1, 0.15) is 36.3 Å². The highest BCUT2D eigenvalue weighted by atomic mass is 16.5. The van der Waals surface area contributed by atoms with E-state index >= 15 is 0 Å². The van der Waals surface area contributed by atoms with Crippen LogP contribution in [0.15, 0.2) is 18.2 Å². The maximum atomic E-state index is 5.32. The van der Waals surface area contributed by atoms with E-state index in [1.54, 1.807) is 7.11 Å². The predicted octanol–water partition coefficient (Wildman–Crippen LogP) is 2.72. The molecule has 0 saturated carbocycles. The predicted molar refractivity (Wildman–Crippen MR) is 67.2 cm³/mol. The number of hydrogen-bond donors (Lipinski definition) is 1. The van der Waals surface area contributed by atoms with Crippen LogP contribution in [0.4, 0.5) is 0 Å². The summed E-state index contributed by atoms with van der Waals surface area (Å²) in [6, 6.07) is 6.55. The quantitative estimate of drug-likeness (QED) is 0.840. The van der Waals surface area contributed by atoms with Gasteiger partial charge in [-0.15, -0.1) is 0 Å². The Hall–Kier alpha value is -1.02. The molecular formula is C14H21NO. The van der Waals surface area contributed by atoms with Crippen LogP contribution in [-0.4, -0.2) is 20.7 Å². The van der Waals surface area contributed by atoms with Gasteiger partial charge in [-0.25, -0.2) is 0 Å². The number of fused-ring (bicyclic) bond motifs is 1. The second-order valence-corrected chi connectivity index (χ2v) is 4.55. The zero-order valence-electron chi connectivity index (χ0n) is 10.3. The molecule has 0 saturated heterocycles. The van der Waals surface area contributed by atoms with Gasteiger partial charge >= 0.3 is 0 Å². The highest BCUT2D eigenvalue weighted by Crippen LogP contribution is 2.35. The molecule has 0 bridgehead atoms. The van der Waals surface area contributed by atoms with Crippen molar-refractivity contribution in [2.24, 2.45) is 0 Å². The van der Waals surface area contributed by atoms with Gasteiger partial charge in [-0.1, -0.05) is 6.07 Å². The lowest BCUT2D eigenvalue weighted by molar-refractivity contribution is 0.411. The van der Waals surface area contributed by atoms with Crippen LogP contribution in [0.25, 0.3) is 0 Å². The third-order valence-corrected chi connectivity index (χ3v) is 3.53. The summed E-state index contributed by atoms with van der Waals surface area (Å²) in [5.74, 6) is 1.71. The molecule has 1 aliphatic rings. The van der Waals surface area contributed by atoms with Crippen LogP contribution < -0.4 is 10.1 Å². The summed E-state index contributed by atoms with van der Waals surface area (Å²) in [4.78, 5) is 0. The van der Waals surface area contributed by atoms with Crippen LogP contribution in [0.5, 0.6) is 5.75 Å². The lowest BCUT2D eigenvalue weighted by Crippen LogP contribution is -2.16. The van der Waals surface area contributed by atoms with E-state index in [9.17, 15) is 0 Å². The Bertz CT molecular complexity index is 349. The molecule has 0 fully saturated rings. The second kappa shape index (κ2) is 5.35. The molecule has 2 nitrogen and oxygen atoms in total. The normalized spacial score (nSPS) is 19.2. The Morgan fingerprint density at radius 3 is 3.06 bits per heavy atom. The minimum atomic E-state index is 0.714. The van der Waals surface area contributed by atoms with Crippen LogP contribution >= 0.6 is 0 Å². The number of hydrogen-bond acceptors (Lipinski definition) is 2. The summed E-state index contributed by atoms with van der Waals surface area (Å²) in [6.07, 6.45) is 5.11. The standard InChI is InChI=1S/C14H21NO/c1-15-9-8-12-5-3-4-11-6-7-13(16-2)10-14(11)12/h6-7,10,12,15H,3-5,8-9H2,1-2H3. The smallest absolute Gasteiger partial charge is 0.119 e. The van der Waals surface area contributed by atoms with E-state index < -0.39 is 0 Å². The molecule has 0 amide bonds. The van der Waals surface area contributed by atoms with Gasteiger partial charge in [-0.2, -0.15) is 0 Å². The van der Waals surface area contributed by atoms with Crippen LogP contribution in [0.3, 0.4) is 0 Å². The molecule has 1 N–H and O–H groups in total. The summed E-state index contributed by atoms with van der Waals surface area (Å²) < 4.78 is 5.32. The third-order valence-electron chi connectivity index (χ3n) is 3.53. The van der Waals surface area contributed by atoms with Gasteiger partial charge in [0.1, 0.15) is 5.75 Å². The van der Waals surface area contributed by atoms with Gasteiger partial charge in [0, 0.05) is 0 Å². The molecule has 16 heavy (non-hydrogen) atoms. The zero-order valence-corrected chi connectivity index (χ0v) is 10.3. The molecule has 1 aliphatic carbocycles. The van der Waals surface area contributed by atoms with E-state index in [1.807, 2.05) is 7.05 Å². The van der Waals surface area contributed by atoms with Gasteiger partial charge < -0.3 is 10.1 Å². The fourth-order valence-corrected chi connectivity index (χ4v) is 2.62. The molecule has 1 unspecified atom stereocenters. The van der Waals surface area contributed by atoms with E-state index in [1.165, 1.54) is 36.8 Å². The van der Waals surface area contributed by atoms with Gasteiger partial charge in [0.25, 0.3) is 0 Å². The molecular weight excluding hydrogens is 198 g/mol. The molecule has 0 spiro atoms. The van der Waals surface area contributed by atoms with Gasteiger partial charge in [0.15, 0.2) is 0 Å². The zero-order chi connectivity index (χ0) is 11.4. The Balaban J connectivity index is 2.21. The molecule has 1 aromatic carbocycles. The van der Waals surface area contributed by atoms with Crippen molar-refractivity contribution in [1.29, 1.82) is 0 Å². The fourth-order valence-electron chi connectivity index (χ4n) is 2.62. The minimum absolute atomic E-state index is 0.714. The van der Waals surface area contributed by atoms with E-state index in [-0.39, 0.29) is 0 Å².